The van der Waals surface area contributed by atoms with Crippen LogP contribution in [-0.2, 0) is 12.8 Å². The van der Waals surface area contributed by atoms with E-state index in [-0.39, 0.29) is 81.7 Å². The smallest absolute Gasteiger partial charge is 0.177 e. The van der Waals surface area contributed by atoms with Crippen LogP contribution in [0.5, 0.6) is 57.5 Å². The molecular weight excluding hydrogens is 624 g/mol. The van der Waals surface area contributed by atoms with Crippen molar-refractivity contribution in [1.29, 1.82) is 0 Å². The average Bonchev–Trinajstić information content (AvgIpc) is 3.05. The maximum Gasteiger partial charge on any atom is 0.177 e. The molecule has 4 aromatic carbocycles. The fraction of sp³-hybridized carbons (Fsp3) is 0.278. The van der Waals surface area contributed by atoms with Crippen molar-refractivity contribution in [2.75, 3.05) is 27.4 Å². The summed E-state index contributed by atoms with van der Waals surface area (Å²) in [6.45, 7) is 3.46. The van der Waals surface area contributed by atoms with Crippen LogP contribution in [0.4, 0.5) is 0 Å². The number of phenolic OH excluding ortho intramolecular Hbond substituents is 6. The number of aryl methyl sites for hydroxylation is 1. The average molecular weight is 661 g/mol. The van der Waals surface area contributed by atoms with Gasteiger partial charge in [-0.3, -0.25) is 9.59 Å². The summed E-state index contributed by atoms with van der Waals surface area (Å²) in [6.07, 6.45) is 0.694. The molecule has 2 aliphatic rings. The normalized spacial score (nSPS) is 16.4. The maximum atomic E-state index is 12.7. The number of Topliss-reactive ketones (excluding diaryl/α,β-unsaturated/α-hetero) is 2. The Morgan fingerprint density at radius 2 is 1.08 bits per heavy atom. The van der Waals surface area contributed by atoms with Gasteiger partial charge in [0.25, 0.3) is 0 Å². The van der Waals surface area contributed by atoms with Gasteiger partial charge in [-0.2, -0.15) is 0 Å². The molecule has 0 saturated heterocycles. The largest absolute Gasteiger partial charge is 0.507 e. The minimum absolute atomic E-state index is 0.00295. The number of methoxy groups -OCH3 is 2. The molecule has 4 aromatic rings. The van der Waals surface area contributed by atoms with E-state index in [1.54, 1.807) is 37.3 Å². The molecular formula is C36H36O12. The minimum atomic E-state index is -0.515. The van der Waals surface area contributed by atoms with Gasteiger partial charge in [0.15, 0.2) is 46.1 Å². The molecule has 12 nitrogen and oxygen atoms in total. The van der Waals surface area contributed by atoms with E-state index in [2.05, 4.69) is 0 Å². The fourth-order valence-electron chi connectivity index (χ4n) is 5.73. The van der Waals surface area contributed by atoms with Crippen LogP contribution >= 0.6 is 0 Å². The van der Waals surface area contributed by atoms with Crippen LogP contribution in [0.15, 0.2) is 48.5 Å². The van der Waals surface area contributed by atoms with Gasteiger partial charge in [-0.25, -0.2) is 0 Å². The van der Waals surface area contributed by atoms with Gasteiger partial charge in [0.05, 0.1) is 39.3 Å². The number of ketones is 2. The number of rotatable bonds is 6. The van der Waals surface area contributed by atoms with Gasteiger partial charge >= 0.3 is 0 Å². The summed E-state index contributed by atoms with van der Waals surface area (Å²) in [5.41, 5.74) is 2.29. The van der Waals surface area contributed by atoms with E-state index in [0.717, 1.165) is 11.1 Å². The van der Waals surface area contributed by atoms with Crippen LogP contribution in [0.2, 0.25) is 0 Å². The molecule has 6 N–H and O–H groups in total. The van der Waals surface area contributed by atoms with Gasteiger partial charge in [-0.1, -0.05) is 12.1 Å². The van der Waals surface area contributed by atoms with E-state index >= 15 is 0 Å². The first kappa shape index (κ1) is 33.6. The standard InChI is InChI=1S/2C18H18O6/c1-9-12(19)7-15-16(17(9)21)18(22)11(8-24-15)5-10-3-4-14(23-2)13(20)6-10;1-9-5-14-15(18(22)16(9)20)17(21)11(8-24-14)6-10-3-4-13(23-2)12(19)7-10/h3-4,6-7,11,19-21H,5,8H2,1-2H3;3-5,7,11,19-20,22H,6,8H2,1-2H3. The maximum absolute atomic E-state index is 12.7. The van der Waals surface area contributed by atoms with Crippen molar-refractivity contribution in [2.45, 2.75) is 26.7 Å². The Bertz CT molecular complexity index is 1760. The molecule has 6 rings (SSSR count). The summed E-state index contributed by atoms with van der Waals surface area (Å²) in [4.78, 5) is 25.4. The second-order valence-corrected chi connectivity index (χ2v) is 11.7. The first-order valence-corrected chi connectivity index (χ1v) is 15.0. The van der Waals surface area contributed by atoms with Crippen molar-refractivity contribution < 1.29 is 59.2 Å². The molecule has 2 atom stereocenters. The van der Waals surface area contributed by atoms with Crippen LogP contribution < -0.4 is 18.9 Å². The molecule has 0 aromatic heterocycles. The number of aromatic hydroxyl groups is 6. The lowest BCUT2D eigenvalue weighted by Crippen LogP contribution is -2.29. The summed E-state index contributed by atoms with van der Waals surface area (Å²) in [7, 11) is 2.92. The number of ether oxygens (including phenoxy) is 4. The second kappa shape index (κ2) is 13.5. The Hall–Kier alpha value is -5.78. The number of carbonyl (C=O) groups excluding carboxylic acids is 2. The molecule has 0 aliphatic carbocycles. The Morgan fingerprint density at radius 1 is 0.625 bits per heavy atom. The highest BCUT2D eigenvalue weighted by atomic mass is 16.5. The van der Waals surface area contributed by atoms with Gasteiger partial charge in [0.1, 0.15) is 34.1 Å². The third-order valence-corrected chi connectivity index (χ3v) is 8.48. The van der Waals surface area contributed by atoms with Crippen molar-refractivity contribution in [3.8, 4) is 57.5 Å². The third-order valence-electron chi connectivity index (χ3n) is 8.48. The van der Waals surface area contributed by atoms with Gasteiger partial charge in [0.2, 0.25) is 0 Å². The Kier molecular flexibility index (Phi) is 9.46. The first-order chi connectivity index (χ1) is 22.8. The molecule has 0 saturated carbocycles. The molecule has 0 radical (unpaired) electrons. The Morgan fingerprint density at radius 3 is 1.54 bits per heavy atom. The molecule has 252 valence electrons. The van der Waals surface area contributed by atoms with Crippen LogP contribution in [0.25, 0.3) is 0 Å². The summed E-state index contributed by atoms with van der Waals surface area (Å²) in [6, 6.07) is 12.7. The highest BCUT2D eigenvalue weighted by Crippen LogP contribution is 2.44. The minimum Gasteiger partial charge on any atom is -0.507 e. The summed E-state index contributed by atoms with van der Waals surface area (Å²) in [5.74, 6) is -1.48. The van der Waals surface area contributed by atoms with Crippen LogP contribution in [0.1, 0.15) is 43.0 Å². The SMILES string of the molecule is COc1ccc(CC2COc3cc(C)c(O)c(O)c3C2=O)cc1O.COc1ccc(CC2COc3cc(O)c(C)c(O)c3C2=O)cc1O. The zero-order valence-electron chi connectivity index (χ0n) is 26.7. The van der Waals surface area contributed by atoms with Gasteiger partial charge < -0.3 is 49.6 Å². The van der Waals surface area contributed by atoms with E-state index in [1.807, 2.05) is 0 Å². The molecule has 48 heavy (non-hydrogen) atoms. The quantitative estimate of drug-likeness (QED) is 0.150. The van der Waals surface area contributed by atoms with Crippen molar-refractivity contribution in [1.82, 2.24) is 0 Å². The van der Waals surface area contributed by atoms with E-state index in [9.17, 15) is 40.2 Å². The molecule has 2 aliphatic heterocycles. The van der Waals surface area contributed by atoms with Gasteiger partial charge in [-0.05, 0) is 73.7 Å². The lowest BCUT2D eigenvalue weighted by molar-refractivity contribution is 0.0816. The van der Waals surface area contributed by atoms with Crippen LogP contribution in [0, 0.1) is 25.7 Å². The Labute approximate surface area is 276 Å². The number of hydrogen-bond acceptors (Lipinski definition) is 12. The number of carbonyl (C=O) groups is 2. The molecule has 0 bridgehead atoms. The number of benzene rings is 4. The van der Waals surface area contributed by atoms with Crippen molar-refractivity contribution in [3.63, 3.8) is 0 Å². The van der Waals surface area contributed by atoms with Crippen LogP contribution in [0.3, 0.4) is 0 Å². The van der Waals surface area contributed by atoms with Crippen LogP contribution in [-0.4, -0.2) is 69.6 Å². The molecule has 2 heterocycles. The highest BCUT2D eigenvalue weighted by Gasteiger charge is 2.35. The summed E-state index contributed by atoms with van der Waals surface area (Å²) < 4.78 is 21.1. The lowest BCUT2D eigenvalue weighted by Gasteiger charge is -2.25. The van der Waals surface area contributed by atoms with E-state index in [4.69, 9.17) is 18.9 Å². The monoisotopic (exact) mass is 660 g/mol. The second-order valence-electron chi connectivity index (χ2n) is 11.7. The van der Waals surface area contributed by atoms with E-state index in [0.29, 0.717) is 29.9 Å². The zero-order chi connectivity index (χ0) is 34.9. The fourth-order valence-corrected chi connectivity index (χ4v) is 5.73. The van der Waals surface area contributed by atoms with Crippen molar-refractivity contribution in [2.24, 2.45) is 11.8 Å². The predicted molar refractivity (Wildman–Crippen MR) is 172 cm³/mol. The van der Waals surface area contributed by atoms with Gasteiger partial charge in [0, 0.05) is 11.6 Å². The van der Waals surface area contributed by atoms with Crippen molar-refractivity contribution in [3.05, 3.63) is 81.9 Å². The van der Waals surface area contributed by atoms with E-state index < -0.39 is 17.6 Å². The zero-order valence-corrected chi connectivity index (χ0v) is 26.7. The molecule has 0 amide bonds. The number of hydrogen-bond donors (Lipinski definition) is 6. The van der Waals surface area contributed by atoms with Gasteiger partial charge in [-0.15, -0.1) is 0 Å². The first-order valence-electron chi connectivity index (χ1n) is 15.0. The summed E-state index contributed by atoms with van der Waals surface area (Å²) >= 11 is 0. The molecule has 0 fully saturated rings. The number of fused-ring (bicyclic) bond motifs is 2. The Balaban J connectivity index is 0.000000188. The highest BCUT2D eigenvalue weighted by molar-refractivity contribution is 6.05. The van der Waals surface area contributed by atoms with E-state index in [1.165, 1.54) is 39.3 Å². The molecule has 0 spiro atoms. The lowest BCUT2D eigenvalue weighted by atomic mass is 9.88. The molecule has 12 heteroatoms. The summed E-state index contributed by atoms with van der Waals surface area (Å²) in [5, 5.41) is 59.5. The third kappa shape index (κ3) is 6.41. The topological polar surface area (TPSA) is 192 Å². The number of phenols is 6. The predicted octanol–water partition coefficient (Wildman–Crippen LogP) is 5.11. The van der Waals surface area contributed by atoms with Crippen molar-refractivity contribution >= 4 is 11.6 Å². The molecule has 2 unspecified atom stereocenters.